The number of nitrogens with one attached hydrogen (secondary N) is 2. The Morgan fingerprint density at radius 3 is 2.44 bits per heavy atom. The molecule has 1 aromatic carbocycles. The summed E-state index contributed by atoms with van der Waals surface area (Å²) in [6.45, 7) is 8.34. The molecular formula is C18H27ClN4O3S. The number of benzene rings is 1. The summed E-state index contributed by atoms with van der Waals surface area (Å²) in [7, 11) is -3.65. The van der Waals surface area contributed by atoms with Crippen molar-refractivity contribution in [3.63, 3.8) is 0 Å². The molecule has 0 aliphatic carbocycles. The summed E-state index contributed by atoms with van der Waals surface area (Å²) in [4.78, 5) is 12.7. The second-order valence-corrected chi connectivity index (χ2v) is 8.18. The van der Waals surface area contributed by atoms with Crippen molar-refractivity contribution in [1.29, 1.82) is 0 Å². The summed E-state index contributed by atoms with van der Waals surface area (Å²) in [6.07, 6.45) is 0. The smallest absolute Gasteiger partial charge is 0.257 e. The molecule has 0 spiro atoms. The maximum absolute atomic E-state index is 12.7. The van der Waals surface area contributed by atoms with Gasteiger partial charge in [0.15, 0.2) is 0 Å². The van der Waals surface area contributed by atoms with Gasteiger partial charge >= 0.3 is 0 Å². The zero-order valence-electron chi connectivity index (χ0n) is 15.9. The van der Waals surface area contributed by atoms with Crippen LogP contribution in [0.3, 0.4) is 0 Å². The number of aryl methyl sites for hydroxylation is 1. The molecule has 0 aliphatic rings. The first kappa shape index (κ1) is 23.2. The van der Waals surface area contributed by atoms with Crippen molar-refractivity contribution in [2.75, 3.05) is 18.4 Å². The highest BCUT2D eigenvalue weighted by atomic mass is 35.5. The van der Waals surface area contributed by atoms with E-state index in [2.05, 4.69) is 28.5 Å². The maximum atomic E-state index is 12.7. The Hall–Kier alpha value is -1.87. The lowest BCUT2D eigenvalue weighted by molar-refractivity contribution is 0.102. The van der Waals surface area contributed by atoms with Crippen LogP contribution in [0.2, 0.25) is 0 Å². The van der Waals surface area contributed by atoms with Gasteiger partial charge in [0.05, 0.1) is 10.5 Å². The van der Waals surface area contributed by atoms with E-state index in [1.54, 1.807) is 12.1 Å². The summed E-state index contributed by atoms with van der Waals surface area (Å²) in [5.74, 6) is -0.269. The predicted octanol–water partition coefficient (Wildman–Crippen LogP) is 2.60. The van der Waals surface area contributed by atoms with Crippen LogP contribution in [-0.4, -0.2) is 32.0 Å². The van der Waals surface area contributed by atoms with E-state index in [0.717, 1.165) is 11.4 Å². The average molecular weight is 415 g/mol. The minimum atomic E-state index is -3.65. The molecule has 1 aromatic heterocycles. The first-order chi connectivity index (χ1) is 12.2. The van der Waals surface area contributed by atoms with Crippen molar-refractivity contribution in [2.24, 2.45) is 5.73 Å². The van der Waals surface area contributed by atoms with Gasteiger partial charge in [-0.2, -0.15) is 0 Å². The zero-order chi connectivity index (χ0) is 19.5. The molecule has 0 fully saturated rings. The first-order valence-electron chi connectivity index (χ1n) is 8.47. The molecule has 1 heterocycles. The summed E-state index contributed by atoms with van der Waals surface area (Å²) in [5, 5.41) is 2.78. The topological polar surface area (TPSA) is 106 Å². The number of carbonyl (C=O) groups excluding carboxylic acids is 1. The SMILES string of the molecule is Cc1cc(C(=O)Nc2cccc(S(=O)(=O)NCCN)c2)c(C)n1C(C)C.Cl. The molecule has 0 unspecified atom stereocenters. The van der Waals surface area contributed by atoms with Crippen LogP contribution in [0.5, 0.6) is 0 Å². The Labute approximate surface area is 166 Å². The number of nitrogens with zero attached hydrogens (tertiary/aromatic N) is 1. The Morgan fingerprint density at radius 2 is 1.89 bits per heavy atom. The van der Waals surface area contributed by atoms with Crippen LogP contribution in [0.1, 0.15) is 41.6 Å². The third-order valence-corrected chi connectivity index (χ3v) is 5.54. The fourth-order valence-corrected chi connectivity index (χ4v) is 4.11. The average Bonchev–Trinajstić information content (AvgIpc) is 2.88. The molecule has 0 radical (unpaired) electrons. The van der Waals surface area contributed by atoms with Gasteiger partial charge in [-0.15, -0.1) is 12.4 Å². The molecule has 9 heteroatoms. The minimum Gasteiger partial charge on any atom is -0.346 e. The van der Waals surface area contributed by atoms with E-state index in [-0.39, 0.29) is 42.3 Å². The quantitative estimate of drug-likeness (QED) is 0.647. The number of hydrogen-bond donors (Lipinski definition) is 3. The van der Waals surface area contributed by atoms with Crippen molar-refractivity contribution < 1.29 is 13.2 Å². The molecule has 2 aromatic rings. The van der Waals surface area contributed by atoms with Gasteiger partial charge in [-0.3, -0.25) is 4.79 Å². The molecular weight excluding hydrogens is 388 g/mol. The molecule has 4 N–H and O–H groups in total. The van der Waals surface area contributed by atoms with Gasteiger partial charge in [0.25, 0.3) is 5.91 Å². The Kier molecular flexibility index (Phi) is 8.04. The van der Waals surface area contributed by atoms with Crippen LogP contribution >= 0.6 is 12.4 Å². The highest BCUT2D eigenvalue weighted by Crippen LogP contribution is 2.22. The molecule has 0 bridgehead atoms. The van der Waals surface area contributed by atoms with E-state index in [1.165, 1.54) is 12.1 Å². The monoisotopic (exact) mass is 414 g/mol. The van der Waals surface area contributed by atoms with Crippen molar-refractivity contribution in [2.45, 2.75) is 38.6 Å². The molecule has 2 rings (SSSR count). The van der Waals surface area contributed by atoms with Gasteiger partial charge in [0.1, 0.15) is 0 Å². The second kappa shape index (κ2) is 9.36. The van der Waals surface area contributed by atoms with E-state index in [0.29, 0.717) is 11.3 Å². The first-order valence-corrected chi connectivity index (χ1v) is 9.95. The molecule has 0 saturated carbocycles. The molecule has 1 amide bonds. The van der Waals surface area contributed by atoms with Crippen molar-refractivity contribution >= 4 is 34.0 Å². The van der Waals surface area contributed by atoms with Crippen molar-refractivity contribution in [3.05, 3.63) is 47.3 Å². The highest BCUT2D eigenvalue weighted by molar-refractivity contribution is 7.89. The Morgan fingerprint density at radius 1 is 1.22 bits per heavy atom. The second-order valence-electron chi connectivity index (χ2n) is 6.42. The van der Waals surface area contributed by atoms with Crippen molar-refractivity contribution in [3.8, 4) is 0 Å². The Bertz CT molecular complexity index is 907. The summed E-state index contributed by atoms with van der Waals surface area (Å²) < 4.78 is 28.9. The van der Waals surface area contributed by atoms with Gasteiger partial charge in [0.2, 0.25) is 10.0 Å². The molecule has 0 atom stereocenters. The standard InChI is InChI=1S/C18H26N4O3S.ClH/c1-12(2)22-13(3)10-17(14(22)4)18(23)21-15-6-5-7-16(11-15)26(24,25)20-9-8-19;/h5-7,10-12,20H,8-9,19H2,1-4H3,(H,21,23);1H. The summed E-state index contributed by atoms with van der Waals surface area (Å²) in [5.41, 5.74) is 8.21. The van der Waals surface area contributed by atoms with E-state index in [4.69, 9.17) is 5.73 Å². The molecule has 0 aliphatic heterocycles. The number of anilines is 1. The van der Waals surface area contributed by atoms with E-state index in [9.17, 15) is 13.2 Å². The number of amides is 1. The number of rotatable bonds is 7. The van der Waals surface area contributed by atoms with Crippen LogP contribution < -0.4 is 15.8 Å². The molecule has 27 heavy (non-hydrogen) atoms. The summed E-state index contributed by atoms with van der Waals surface area (Å²) in [6, 6.07) is 8.23. The minimum absolute atomic E-state index is 0. The van der Waals surface area contributed by atoms with E-state index in [1.807, 2.05) is 19.9 Å². The van der Waals surface area contributed by atoms with Crippen LogP contribution in [-0.2, 0) is 10.0 Å². The summed E-state index contributed by atoms with van der Waals surface area (Å²) >= 11 is 0. The van der Waals surface area contributed by atoms with Crippen LogP contribution in [0.15, 0.2) is 35.2 Å². The third kappa shape index (κ3) is 5.32. The van der Waals surface area contributed by atoms with Gasteiger partial charge in [-0.05, 0) is 52.0 Å². The lowest BCUT2D eigenvalue weighted by Crippen LogP contribution is -2.29. The Balaban J connectivity index is 0.00000364. The van der Waals surface area contributed by atoms with Crippen molar-refractivity contribution in [1.82, 2.24) is 9.29 Å². The van der Waals surface area contributed by atoms with E-state index < -0.39 is 10.0 Å². The number of carbonyl (C=O) groups is 1. The van der Waals surface area contributed by atoms with E-state index >= 15 is 0 Å². The fraction of sp³-hybridized carbons (Fsp3) is 0.389. The van der Waals surface area contributed by atoms with Crippen LogP contribution in [0.4, 0.5) is 5.69 Å². The third-order valence-electron chi connectivity index (χ3n) is 4.08. The largest absolute Gasteiger partial charge is 0.346 e. The number of aromatic nitrogens is 1. The van der Waals surface area contributed by atoms with Gasteiger partial charge < -0.3 is 15.6 Å². The number of hydrogen-bond acceptors (Lipinski definition) is 4. The number of halogens is 1. The highest BCUT2D eigenvalue weighted by Gasteiger charge is 2.18. The van der Waals surface area contributed by atoms with Crippen LogP contribution in [0.25, 0.3) is 0 Å². The molecule has 7 nitrogen and oxygen atoms in total. The predicted molar refractivity (Wildman–Crippen MR) is 110 cm³/mol. The lowest BCUT2D eigenvalue weighted by atomic mass is 10.2. The zero-order valence-corrected chi connectivity index (χ0v) is 17.6. The van der Waals surface area contributed by atoms with Gasteiger partial charge in [-0.1, -0.05) is 6.07 Å². The number of sulfonamides is 1. The van der Waals surface area contributed by atoms with Gasteiger partial charge in [-0.25, -0.2) is 13.1 Å². The lowest BCUT2D eigenvalue weighted by Gasteiger charge is -2.14. The normalized spacial score (nSPS) is 11.3. The molecule has 0 saturated heterocycles. The van der Waals surface area contributed by atoms with Gasteiger partial charge in [0, 0.05) is 36.2 Å². The molecule has 150 valence electrons. The number of nitrogens with two attached hydrogens (primary N) is 1. The fourth-order valence-electron chi connectivity index (χ4n) is 3.02. The van der Waals surface area contributed by atoms with Crippen LogP contribution in [0, 0.1) is 13.8 Å². The maximum Gasteiger partial charge on any atom is 0.257 e.